The third-order valence-electron chi connectivity index (χ3n) is 6.84. The van der Waals surface area contributed by atoms with Crippen molar-refractivity contribution in [3.8, 4) is 11.5 Å². The monoisotopic (exact) mass is 710 g/mol. The first-order chi connectivity index (χ1) is 23.9. The number of hydrogen-bond donors (Lipinski definition) is 2. The van der Waals surface area contributed by atoms with Gasteiger partial charge in [-0.05, 0) is 87.2 Å². The van der Waals surface area contributed by atoms with Crippen molar-refractivity contribution in [2.45, 2.75) is 107 Å². The molecule has 0 bridgehead atoms. The fourth-order valence-corrected chi connectivity index (χ4v) is 5.97. The van der Waals surface area contributed by atoms with Crippen LogP contribution in [0.5, 0.6) is 11.5 Å². The van der Waals surface area contributed by atoms with Gasteiger partial charge in [0, 0.05) is 23.6 Å². The molecule has 5 rings (SSSR count). The number of para-hydroxylation sites is 1. The van der Waals surface area contributed by atoms with Crippen molar-refractivity contribution in [3.63, 3.8) is 0 Å². The number of ether oxygens (including phenoxy) is 1. The zero-order chi connectivity index (χ0) is 38.4. The van der Waals surface area contributed by atoms with Crippen LogP contribution in [0.25, 0.3) is 10.9 Å². The van der Waals surface area contributed by atoms with E-state index in [1.54, 1.807) is 13.0 Å². The van der Waals surface area contributed by atoms with Gasteiger partial charge in [0.05, 0.1) is 4.90 Å². The number of nitrogens with one attached hydrogen (secondary N) is 1. The number of urea groups is 1. The number of carbonyl (C=O) groups is 2. The lowest BCUT2D eigenvalue weighted by Gasteiger charge is -2.18. The molecule has 3 amide bonds. The third kappa shape index (κ3) is 12.9. The van der Waals surface area contributed by atoms with Gasteiger partial charge in [0.2, 0.25) is 0 Å². The molecule has 278 valence electrons. The summed E-state index contributed by atoms with van der Waals surface area (Å²) in [5.41, 5.74) is 10.6. The number of imide groups is 1. The van der Waals surface area contributed by atoms with Gasteiger partial charge in [-0.15, -0.1) is 0 Å². The molecule has 1 aliphatic rings. The number of H-pyrrole nitrogens is 1. The van der Waals surface area contributed by atoms with Gasteiger partial charge < -0.3 is 15.5 Å². The first kappa shape index (κ1) is 45.9. The molecule has 50 heavy (non-hydrogen) atoms. The number of fused-ring (bicyclic) bond motifs is 1. The lowest BCUT2D eigenvalue weighted by molar-refractivity contribution is -0.125. The molecule has 0 saturated carbocycles. The third-order valence-corrected chi connectivity index (χ3v) is 8.56. The highest BCUT2D eigenvalue weighted by atomic mass is 32.2. The highest BCUT2D eigenvalue weighted by molar-refractivity contribution is 7.89. The average molecular weight is 711 g/mol. The van der Waals surface area contributed by atoms with Crippen LogP contribution < -0.4 is 10.5 Å². The van der Waals surface area contributed by atoms with E-state index in [0.29, 0.717) is 27.8 Å². The van der Waals surface area contributed by atoms with E-state index in [1.165, 1.54) is 40.6 Å². The van der Waals surface area contributed by atoms with Gasteiger partial charge in [0.1, 0.15) is 18.0 Å². The summed E-state index contributed by atoms with van der Waals surface area (Å²) < 4.78 is 32.2. The number of benzene rings is 3. The predicted octanol–water partition coefficient (Wildman–Crippen LogP) is 9.93. The average Bonchev–Trinajstić information content (AvgIpc) is 3.67. The molecule has 2 heterocycles. The first-order valence-electron chi connectivity index (χ1n) is 17.9. The number of aromatic amines is 1. The number of sulfonamides is 1. The topological polar surface area (TPSA) is 126 Å². The van der Waals surface area contributed by atoms with E-state index in [1.807, 2.05) is 72.7 Å². The summed E-state index contributed by atoms with van der Waals surface area (Å²) >= 11 is 0. The number of rotatable bonds is 7. The number of nitrogens with two attached hydrogens (primary N) is 1. The van der Waals surface area contributed by atoms with Crippen molar-refractivity contribution in [1.29, 1.82) is 0 Å². The van der Waals surface area contributed by atoms with Crippen LogP contribution in [0.3, 0.4) is 0 Å². The van der Waals surface area contributed by atoms with Crippen LogP contribution in [0.4, 0.5) is 4.79 Å². The van der Waals surface area contributed by atoms with Crippen LogP contribution in [0.2, 0.25) is 0 Å². The SMILES string of the molecule is CC.CC.CCC.CCCN1C(=O)CN(S(=O)(=O)c2ccc(Oc3ccc(C)cc3)c(C)c2)C1=O.CCN.CCc1c[nH]c2c(C)cccc12. The molecule has 0 radical (unpaired) electrons. The first-order valence-corrected chi connectivity index (χ1v) is 19.3. The van der Waals surface area contributed by atoms with Gasteiger partial charge in [-0.3, -0.25) is 9.69 Å². The molecule has 1 fully saturated rings. The molecule has 1 aliphatic heterocycles. The number of aryl methyl sites for hydroxylation is 4. The van der Waals surface area contributed by atoms with Crippen LogP contribution in [0, 0.1) is 20.8 Å². The number of amides is 3. The van der Waals surface area contributed by atoms with Gasteiger partial charge in [-0.2, -0.15) is 0 Å². The number of hydrogen-bond acceptors (Lipinski definition) is 6. The Balaban J connectivity index is 0.000000898. The summed E-state index contributed by atoms with van der Waals surface area (Å²) in [6.45, 7) is 24.5. The molecule has 0 unspecified atom stereocenters. The van der Waals surface area contributed by atoms with Crippen LogP contribution in [0.1, 0.15) is 97.4 Å². The maximum atomic E-state index is 12.9. The maximum Gasteiger partial charge on any atom is 0.341 e. The van der Waals surface area contributed by atoms with Crippen molar-refractivity contribution in [2.75, 3.05) is 19.6 Å². The van der Waals surface area contributed by atoms with Crippen LogP contribution >= 0.6 is 0 Å². The van der Waals surface area contributed by atoms with Crippen LogP contribution in [0.15, 0.2) is 71.8 Å². The molecule has 3 aromatic carbocycles. The second-order valence-corrected chi connectivity index (χ2v) is 12.8. The summed E-state index contributed by atoms with van der Waals surface area (Å²) in [5.74, 6) is 0.644. The summed E-state index contributed by atoms with van der Waals surface area (Å²) in [5, 5.41) is 1.37. The van der Waals surface area contributed by atoms with Crippen molar-refractivity contribution in [3.05, 3.63) is 89.1 Å². The zero-order valence-electron chi connectivity index (χ0n) is 32.5. The van der Waals surface area contributed by atoms with E-state index >= 15 is 0 Å². The Morgan fingerprint density at radius 2 is 1.42 bits per heavy atom. The Kier molecular flexibility index (Phi) is 22.1. The molecule has 9 nitrogen and oxygen atoms in total. The number of nitrogens with zero attached hydrogens (tertiary/aromatic N) is 2. The minimum absolute atomic E-state index is 0.0549. The largest absolute Gasteiger partial charge is 0.457 e. The van der Waals surface area contributed by atoms with Crippen molar-refractivity contribution in [1.82, 2.24) is 14.2 Å². The molecule has 1 saturated heterocycles. The molecular weight excluding hydrogens is 649 g/mol. The molecule has 10 heteroatoms. The predicted molar refractivity (Wildman–Crippen MR) is 210 cm³/mol. The Hall–Kier alpha value is -4.15. The Morgan fingerprint density at radius 1 is 0.840 bits per heavy atom. The zero-order valence-corrected chi connectivity index (χ0v) is 33.3. The van der Waals surface area contributed by atoms with Gasteiger partial charge in [0.25, 0.3) is 15.9 Å². The quantitative estimate of drug-likeness (QED) is 0.184. The van der Waals surface area contributed by atoms with Crippen molar-refractivity contribution >= 4 is 32.9 Å². The molecule has 0 spiro atoms. The molecule has 1 aromatic heterocycles. The number of aromatic nitrogens is 1. The Bertz CT molecular complexity index is 1680. The van der Waals surface area contributed by atoms with Gasteiger partial charge in [-0.25, -0.2) is 17.5 Å². The van der Waals surface area contributed by atoms with E-state index < -0.39 is 28.5 Å². The lowest BCUT2D eigenvalue weighted by atomic mass is 10.1. The molecule has 3 N–H and O–H groups in total. The minimum atomic E-state index is -4.12. The van der Waals surface area contributed by atoms with Crippen LogP contribution in [-0.4, -0.2) is 54.2 Å². The Morgan fingerprint density at radius 3 is 1.94 bits per heavy atom. The van der Waals surface area contributed by atoms with E-state index in [-0.39, 0.29) is 11.4 Å². The second-order valence-electron chi connectivity index (χ2n) is 11.0. The highest BCUT2D eigenvalue weighted by Gasteiger charge is 2.43. The molecule has 0 aliphatic carbocycles. The highest BCUT2D eigenvalue weighted by Crippen LogP contribution is 2.30. The van der Waals surface area contributed by atoms with Gasteiger partial charge in [0.15, 0.2) is 0 Å². The van der Waals surface area contributed by atoms with Gasteiger partial charge in [-0.1, -0.05) is 105 Å². The smallest absolute Gasteiger partial charge is 0.341 e. The molecule has 4 aromatic rings. The summed E-state index contributed by atoms with van der Waals surface area (Å²) in [6.07, 6.45) is 5.02. The lowest BCUT2D eigenvalue weighted by Crippen LogP contribution is -2.36. The summed E-state index contributed by atoms with van der Waals surface area (Å²) in [6, 6.07) is 17.5. The molecular formula is C40H62N4O5S. The van der Waals surface area contributed by atoms with Crippen molar-refractivity contribution in [2.24, 2.45) is 5.73 Å². The van der Waals surface area contributed by atoms with Crippen molar-refractivity contribution < 1.29 is 22.7 Å². The summed E-state index contributed by atoms with van der Waals surface area (Å²) in [4.78, 5) is 28.6. The van der Waals surface area contributed by atoms with E-state index in [2.05, 4.69) is 57.1 Å². The maximum absolute atomic E-state index is 12.9. The second kappa shape index (κ2) is 24.1. The fraction of sp³-hybridized carbons (Fsp3) is 0.450. The van der Waals surface area contributed by atoms with Gasteiger partial charge >= 0.3 is 6.03 Å². The van der Waals surface area contributed by atoms with E-state index in [0.717, 1.165) is 23.4 Å². The fourth-order valence-electron chi connectivity index (χ4n) is 4.56. The summed E-state index contributed by atoms with van der Waals surface area (Å²) in [7, 11) is -4.12. The standard InChI is InChI=1S/C20H22N2O5S.C11H13N.C3H8.C2H7N.2C2H6/c1-4-11-21-19(23)13-22(20(21)24)28(25,26)17-9-10-18(15(3)12-17)27-16-7-5-14(2)6-8-16;1-3-9-7-12-11-8(2)5-4-6-10(9)11;1-3-2;1-2-3;2*1-2/h5-10,12H,4,11,13H2,1-3H3;4-7,12H,3H2,1-2H3;3H2,1-2H3;2-3H2,1H3;2*1-2H3. The van der Waals surface area contributed by atoms with Crippen LogP contribution in [-0.2, 0) is 21.2 Å². The van der Waals surface area contributed by atoms with E-state index in [4.69, 9.17) is 10.5 Å². The van der Waals surface area contributed by atoms with E-state index in [9.17, 15) is 18.0 Å². The number of carbonyl (C=O) groups excluding carboxylic acids is 2. The Labute approximate surface area is 302 Å². The normalized spacial score (nSPS) is 11.8. The molecule has 0 atom stereocenters. The minimum Gasteiger partial charge on any atom is -0.457 e.